The minimum Gasteiger partial charge on any atom is -0.464 e. The van der Waals surface area contributed by atoms with Gasteiger partial charge in [-0.3, -0.25) is 4.90 Å². The summed E-state index contributed by atoms with van der Waals surface area (Å²) in [5.41, 5.74) is 0. The van der Waals surface area contributed by atoms with E-state index in [1.165, 1.54) is 4.90 Å². The van der Waals surface area contributed by atoms with Gasteiger partial charge in [-0.05, 0) is 18.8 Å². The minimum absolute atomic E-state index is 0.129. The maximum atomic E-state index is 12.1. The Morgan fingerprint density at radius 2 is 1.85 bits per heavy atom. The van der Waals surface area contributed by atoms with E-state index in [9.17, 15) is 9.59 Å². The van der Waals surface area contributed by atoms with Gasteiger partial charge in [-0.25, -0.2) is 9.59 Å². The van der Waals surface area contributed by atoms with E-state index in [0.717, 1.165) is 12.8 Å². The van der Waals surface area contributed by atoms with Crippen LogP contribution < -0.4 is 0 Å². The normalized spacial score (nSPS) is 12.1. The first kappa shape index (κ1) is 19.0. The van der Waals surface area contributed by atoms with Crippen molar-refractivity contribution in [3.63, 3.8) is 0 Å². The Labute approximate surface area is 126 Å². The van der Waals surface area contributed by atoms with E-state index < -0.39 is 12.1 Å². The molecule has 0 aliphatic heterocycles. The number of esters is 1. The first-order chi connectivity index (χ1) is 9.43. The molecule has 0 bridgehead atoms. The lowest BCUT2D eigenvalue weighted by molar-refractivity contribution is -0.149. The quantitative estimate of drug-likeness (QED) is 0.373. The topological polar surface area (TPSA) is 55.8 Å². The average Bonchev–Trinajstić information content (AvgIpc) is 2.41. The summed E-state index contributed by atoms with van der Waals surface area (Å²) in [6.07, 6.45) is 1.76. The SMILES string of the molecule is CCCCOC(=O)C(CC(C)C)N(C)C(=O)OCCCl. The van der Waals surface area contributed by atoms with Crippen molar-refractivity contribution in [3.8, 4) is 0 Å². The summed E-state index contributed by atoms with van der Waals surface area (Å²) in [6.45, 7) is 6.52. The predicted molar refractivity (Wildman–Crippen MR) is 78.9 cm³/mol. The Hall–Kier alpha value is -0.970. The van der Waals surface area contributed by atoms with Crippen molar-refractivity contribution in [2.75, 3.05) is 26.1 Å². The number of hydrogen-bond acceptors (Lipinski definition) is 4. The summed E-state index contributed by atoms with van der Waals surface area (Å²) in [7, 11) is 1.55. The Balaban J connectivity index is 4.59. The highest BCUT2D eigenvalue weighted by Gasteiger charge is 2.29. The molecular weight excluding hydrogens is 282 g/mol. The summed E-state index contributed by atoms with van der Waals surface area (Å²) in [6, 6.07) is -0.616. The molecule has 0 fully saturated rings. The minimum atomic E-state index is -0.616. The Morgan fingerprint density at radius 3 is 2.35 bits per heavy atom. The van der Waals surface area contributed by atoms with Crippen molar-refractivity contribution in [1.29, 1.82) is 0 Å². The number of carbonyl (C=O) groups is 2. The van der Waals surface area contributed by atoms with Crippen molar-refractivity contribution in [2.24, 2.45) is 5.92 Å². The Kier molecular flexibility index (Phi) is 10.3. The van der Waals surface area contributed by atoms with Gasteiger partial charge >= 0.3 is 12.1 Å². The summed E-state index contributed by atoms with van der Waals surface area (Å²) in [5.74, 6) is 0.120. The summed E-state index contributed by atoms with van der Waals surface area (Å²) in [5, 5.41) is 0. The van der Waals surface area contributed by atoms with E-state index in [1.807, 2.05) is 20.8 Å². The molecule has 0 heterocycles. The third kappa shape index (κ3) is 7.58. The zero-order valence-electron chi connectivity index (χ0n) is 12.9. The van der Waals surface area contributed by atoms with Gasteiger partial charge in [-0.2, -0.15) is 0 Å². The van der Waals surface area contributed by atoms with Crippen LogP contribution in [-0.2, 0) is 14.3 Å². The second kappa shape index (κ2) is 10.8. The van der Waals surface area contributed by atoms with Crippen LogP contribution in [0.5, 0.6) is 0 Å². The molecule has 0 radical (unpaired) electrons. The highest BCUT2D eigenvalue weighted by Crippen LogP contribution is 2.13. The van der Waals surface area contributed by atoms with E-state index in [4.69, 9.17) is 21.1 Å². The molecule has 0 aromatic carbocycles. The van der Waals surface area contributed by atoms with E-state index in [1.54, 1.807) is 7.05 Å². The van der Waals surface area contributed by atoms with Crippen molar-refractivity contribution in [2.45, 2.75) is 46.1 Å². The average molecular weight is 308 g/mol. The lowest BCUT2D eigenvalue weighted by atomic mass is 10.0. The maximum Gasteiger partial charge on any atom is 0.410 e. The molecule has 1 unspecified atom stereocenters. The van der Waals surface area contributed by atoms with Gasteiger partial charge in [0.1, 0.15) is 12.6 Å². The van der Waals surface area contributed by atoms with Crippen LogP contribution in [0.15, 0.2) is 0 Å². The number of likely N-dealkylation sites (N-methyl/N-ethyl adjacent to an activating group) is 1. The molecule has 5 nitrogen and oxygen atoms in total. The van der Waals surface area contributed by atoms with Crippen LogP contribution in [0.3, 0.4) is 0 Å². The lowest BCUT2D eigenvalue weighted by Crippen LogP contribution is -2.44. The zero-order valence-corrected chi connectivity index (χ0v) is 13.6. The standard InChI is InChI=1S/C14H26ClNO4/c1-5-6-8-19-13(17)12(10-11(2)3)16(4)14(18)20-9-7-15/h11-12H,5-10H2,1-4H3. The largest absolute Gasteiger partial charge is 0.464 e. The number of unbranched alkanes of at least 4 members (excludes halogenated alkanes) is 1. The molecule has 6 heteroatoms. The molecule has 1 amide bonds. The van der Waals surface area contributed by atoms with Crippen LogP contribution in [0.1, 0.15) is 40.0 Å². The van der Waals surface area contributed by atoms with E-state index in [2.05, 4.69) is 0 Å². The third-order valence-electron chi connectivity index (χ3n) is 2.77. The second-order valence-electron chi connectivity index (χ2n) is 5.08. The molecule has 0 spiro atoms. The van der Waals surface area contributed by atoms with Crippen molar-refractivity contribution in [1.82, 2.24) is 4.90 Å². The molecular formula is C14H26ClNO4. The molecule has 0 aromatic heterocycles. The third-order valence-corrected chi connectivity index (χ3v) is 2.92. The van der Waals surface area contributed by atoms with Gasteiger partial charge in [0.05, 0.1) is 12.5 Å². The first-order valence-corrected chi connectivity index (χ1v) is 7.59. The predicted octanol–water partition coefficient (Wildman–Crippen LogP) is 3.05. The number of amides is 1. The Morgan fingerprint density at radius 1 is 1.20 bits per heavy atom. The number of rotatable bonds is 9. The molecule has 0 saturated carbocycles. The van der Waals surface area contributed by atoms with Crippen LogP contribution >= 0.6 is 11.6 Å². The van der Waals surface area contributed by atoms with E-state index in [0.29, 0.717) is 13.0 Å². The number of hydrogen-bond donors (Lipinski definition) is 0. The Bertz CT molecular complexity index is 297. The first-order valence-electron chi connectivity index (χ1n) is 7.06. The maximum absolute atomic E-state index is 12.1. The molecule has 0 rings (SSSR count). The van der Waals surface area contributed by atoms with Gasteiger partial charge in [0.15, 0.2) is 0 Å². The van der Waals surface area contributed by atoms with E-state index in [-0.39, 0.29) is 24.4 Å². The summed E-state index contributed by atoms with van der Waals surface area (Å²) < 4.78 is 10.1. The van der Waals surface area contributed by atoms with Crippen LogP contribution in [-0.4, -0.2) is 49.1 Å². The zero-order chi connectivity index (χ0) is 15.5. The fraction of sp³-hybridized carbons (Fsp3) is 0.857. The van der Waals surface area contributed by atoms with Crippen molar-refractivity contribution in [3.05, 3.63) is 0 Å². The molecule has 0 aromatic rings. The lowest BCUT2D eigenvalue weighted by Gasteiger charge is -2.27. The number of carbonyl (C=O) groups excluding carboxylic acids is 2. The van der Waals surface area contributed by atoms with Crippen molar-refractivity contribution < 1.29 is 19.1 Å². The smallest absolute Gasteiger partial charge is 0.410 e. The van der Waals surface area contributed by atoms with E-state index >= 15 is 0 Å². The van der Waals surface area contributed by atoms with Crippen LogP contribution in [0.4, 0.5) is 4.79 Å². The van der Waals surface area contributed by atoms with Gasteiger partial charge in [0, 0.05) is 7.05 Å². The molecule has 0 N–H and O–H groups in total. The van der Waals surface area contributed by atoms with Gasteiger partial charge in [-0.1, -0.05) is 27.2 Å². The molecule has 0 aliphatic carbocycles. The number of halogens is 1. The van der Waals surface area contributed by atoms with Crippen molar-refractivity contribution >= 4 is 23.7 Å². The molecule has 1 atom stereocenters. The molecule has 20 heavy (non-hydrogen) atoms. The van der Waals surface area contributed by atoms with Gasteiger partial charge in [-0.15, -0.1) is 11.6 Å². The summed E-state index contributed by atoms with van der Waals surface area (Å²) in [4.78, 5) is 25.2. The van der Waals surface area contributed by atoms with Gasteiger partial charge in [0.25, 0.3) is 0 Å². The second-order valence-corrected chi connectivity index (χ2v) is 5.46. The monoisotopic (exact) mass is 307 g/mol. The highest BCUT2D eigenvalue weighted by atomic mass is 35.5. The van der Waals surface area contributed by atoms with Crippen LogP contribution in [0.25, 0.3) is 0 Å². The van der Waals surface area contributed by atoms with Crippen LogP contribution in [0, 0.1) is 5.92 Å². The molecule has 0 aliphatic rings. The number of ether oxygens (including phenoxy) is 2. The van der Waals surface area contributed by atoms with Crippen LogP contribution in [0.2, 0.25) is 0 Å². The van der Waals surface area contributed by atoms with Gasteiger partial charge < -0.3 is 9.47 Å². The fourth-order valence-electron chi connectivity index (χ4n) is 1.63. The van der Waals surface area contributed by atoms with Gasteiger partial charge in [0.2, 0.25) is 0 Å². The fourth-order valence-corrected chi connectivity index (χ4v) is 1.70. The number of nitrogens with zero attached hydrogens (tertiary/aromatic N) is 1. The summed E-state index contributed by atoms with van der Waals surface area (Å²) >= 11 is 5.47. The molecule has 0 saturated heterocycles. The number of alkyl halides is 1. The molecule has 118 valence electrons. The highest BCUT2D eigenvalue weighted by molar-refractivity contribution is 6.18.